The molecule has 0 fully saturated rings. The van der Waals surface area contributed by atoms with Crippen molar-refractivity contribution >= 4 is 44.8 Å². The second kappa shape index (κ2) is 9.62. The number of hydrogen-bond acceptors (Lipinski definition) is 3. The average Bonchev–Trinajstić information content (AvgIpc) is 2.68. The zero-order valence-corrected chi connectivity index (χ0v) is 18.5. The number of halogens is 2. The van der Waals surface area contributed by atoms with Crippen molar-refractivity contribution in [2.75, 3.05) is 11.9 Å². The van der Waals surface area contributed by atoms with Crippen LogP contribution in [0.5, 0.6) is 0 Å². The van der Waals surface area contributed by atoms with Crippen molar-refractivity contribution in [3.05, 3.63) is 94.0 Å². The molecule has 156 valence electrons. The Kier molecular flexibility index (Phi) is 7.15. The van der Waals surface area contributed by atoms with Crippen molar-refractivity contribution in [1.29, 1.82) is 0 Å². The minimum absolute atomic E-state index is 0.00719. The second-order valence-electron chi connectivity index (χ2n) is 6.77. The van der Waals surface area contributed by atoms with Gasteiger partial charge in [-0.1, -0.05) is 47.5 Å². The van der Waals surface area contributed by atoms with Crippen molar-refractivity contribution in [3.8, 4) is 0 Å². The number of sulfonamides is 1. The van der Waals surface area contributed by atoms with Crippen LogP contribution in [0.4, 0.5) is 5.69 Å². The third kappa shape index (κ3) is 5.83. The summed E-state index contributed by atoms with van der Waals surface area (Å²) >= 11 is 11.9. The highest BCUT2D eigenvalue weighted by Gasteiger charge is 2.27. The maximum absolute atomic E-state index is 13.2. The molecule has 0 aliphatic rings. The van der Waals surface area contributed by atoms with Crippen LogP contribution in [0.3, 0.4) is 0 Å². The second-order valence-corrected chi connectivity index (χ2v) is 9.59. The lowest BCUT2D eigenvalue weighted by atomic mass is 10.2. The standard InChI is InChI=1S/C22H20Cl2N2O3S/c1-16-4-2-7-20(12-16)25-22(27)15-26(14-17-5-3-6-19(24)13-17)30(28,29)21-10-8-18(23)9-11-21/h2-13H,14-15H2,1H3,(H,25,27). The van der Waals surface area contributed by atoms with E-state index < -0.39 is 15.9 Å². The minimum Gasteiger partial charge on any atom is -0.325 e. The lowest BCUT2D eigenvalue weighted by molar-refractivity contribution is -0.116. The van der Waals surface area contributed by atoms with Crippen LogP contribution in [-0.2, 0) is 21.4 Å². The molecular formula is C22H20Cl2N2O3S. The average molecular weight is 463 g/mol. The Bertz CT molecular complexity index is 1150. The number of benzene rings is 3. The maximum atomic E-state index is 13.2. The third-order valence-corrected chi connectivity index (χ3v) is 6.61. The van der Waals surface area contributed by atoms with Crippen molar-refractivity contribution in [1.82, 2.24) is 4.31 Å². The molecular weight excluding hydrogens is 443 g/mol. The highest BCUT2D eigenvalue weighted by molar-refractivity contribution is 7.89. The lowest BCUT2D eigenvalue weighted by Crippen LogP contribution is -2.37. The molecule has 0 saturated heterocycles. The Labute approximate surface area is 186 Å². The molecule has 0 aliphatic carbocycles. The summed E-state index contributed by atoms with van der Waals surface area (Å²) in [7, 11) is -3.95. The Morgan fingerprint density at radius 3 is 2.30 bits per heavy atom. The monoisotopic (exact) mass is 462 g/mol. The van der Waals surface area contributed by atoms with Crippen LogP contribution < -0.4 is 5.32 Å². The zero-order valence-electron chi connectivity index (χ0n) is 16.2. The predicted octanol–water partition coefficient (Wildman–Crippen LogP) is 5.13. The van der Waals surface area contributed by atoms with Gasteiger partial charge in [0.1, 0.15) is 0 Å². The number of nitrogens with one attached hydrogen (secondary N) is 1. The molecule has 3 rings (SSSR count). The zero-order chi connectivity index (χ0) is 21.7. The van der Waals surface area contributed by atoms with Gasteiger partial charge in [0.2, 0.25) is 15.9 Å². The van der Waals surface area contributed by atoms with E-state index in [4.69, 9.17) is 23.2 Å². The first kappa shape index (κ1) is 22.3. The molecule has 0 heterocycles. The van der Waals surface area contributed by atoms with Gasteiger partial charge < -0.3 is 5.32 Å². The molecule has 0 spiro atoms. The SMILES string of the molecule is Cc1cccc(NC(=O)CN(Cc2cccc(Cl)c2)S(=O)(=O)c2ccc(Cl)cc2)c1. The summed E-state index contributed by atoms with van der Waals surface area (Å²) in [6.45, 7) is 1.55. The molecule has 0 atom stereocenters. The summed E-state index contributed by atoms with van der Waals surface area (Å²) in [5.41, 5.74) is 2.26. The Morgan fingerprint density at radius 1 is 0.933 bits per heavy atom. The first-order valence-corrected chi connectivity index (χ1v) is 11.3. The van der Waals surface area contributed by atoms with Gasteiger partial charge in [-0.05, 0) is 66.6 Å². The number of nitrogens with zero attached hydrogens (tertiary/aromatic N) is 1. The van der Waals surface area contributed by atoms with Crippen LogP contribution in [-0.4, -0.2) is 25.2 Å². The number of carbonyl (C=O) groups excluding carboxylic acids is 1. The van der Waals surface area contributed by atoms with Gasteiger partial charge in [0, 0.05) is 22.3 Å². The van der Waals surface area contributed by atoms with Crippen LogP contribution >= 0.6 is 23.2 Å². The fourth-order valence-corrected chi connectivity index (χ4v) is 4.63. The van der Waals surface area contributed by atoms with Crippen LogP contribution in [0.15, 0.2) is 77.7 Å². The molecule has 0 aliphatic heterocycles. The molecule has 0 radical (unpaired) electrons. The first-order chi connectivity index (χ1) is 14.2. The predicted molar refractivity (Wildman–Crippen MR) is 120 cm³/mol. The van der Waals surface area contributed by atoms with E-state index in [1.165, 1.54) is 24.3 Å². The summed E-state index contributed by atoms with van der Waals surface area (Å²) in [5.74, 6) is -0.444. The van der Waals surface area contributed by atoms with E-state index in [-0.39, 0.29) is 18.0 Å². The maximum Gasteiger partial charge on any atom is 0.243 e. The molecule has 0 bridgehead atoms. The number of aryl methyl sites for hydroxylation is 1. The van der Waals surface area contributed by atoms with Crippen LogP contribution in [0.1, 0.15) is 11.1 Å². The van der Waals surface area contributed by atoms with E-state index in [0.29, 0.717) is 21.3 Å². The summed E-state index contributed by atoms with van der Waals surface area (Å²) in [6, 6.07) is 20.0. The van der Waals surface area contributed by atoms with Crippen LogP contribution in [0, 0.1) is 6.92 Å². The van der Waals surface area contributed by atoms with Gasteiger partial charge in [0.15, 0.2) is 0 Å². The Balaban J connectivity index is 1.88. The topological polar surface area (TPSA) is 66.5 Å². The summed E-state index contributed by atoms with van der Waals surface area (Å²) in [6.07, 6.45) is 0. The molecule has 30 heavy (non-hydrogen) atoms. The fourth-order valence-electron chi connectivity index (χ4n) is 2.90. The van der Waals surface area contributed by atoms with Crippen molar-refractivity contribution in [3.63, 3.8) is 0 Å². The molecule has 5 nitrogen and oxygen atoms in total. The minimum atomic E-state index is -3.95. The van der Waals surface area contributed by atoms with Crippen molar-refractivity contribution in [2.45, 2.75) is 18.4 Å². The van der Waals surface area contributed by atoms with Gasteiger partial charge in [0.25, 0.3) is 0 Å². The van der Waals surface area contributed by atoms with Gasteiger partial charge in [-0.15, -0.1) is 0 Å². The van der Waals surface area contributed by atoms with E-state index in [9.17, 15) is 13.2 Å². The molecule has 3 aromatic rings. The van der Waals surface area contributed by atoms with Gasteiger partial charge in [-0.3, -0.25) is 4.79 Å². The highest BCUT2D eigenvalue weighted by Crippen LogP contribution is 2.22. The normalized spacial score (nSPS) is 11.5. The van der Waals surface area contributed by atoms with Gasteiger partial charge in [-0.25, -0.2) is 8.42 Å². The van der Waals surface area contributed by atoms with Gasteiger partial charge in [-0.2, -0.15) is 4.31 Å². The molecule has 0 aromatic heterocycles. The number of anilines is 1. The van der Waals surface area contributed by atoms with E-state index in [1.54, 1.807) is 30.3 Å². The van der Waals surface area contributed by atoms with E-state index >= 15 is 0 Å². The van der Waals surface area contributed by atoms with Crippen molar-refractivity contribution < 1.29 is 13.2 Å². The van der Waals surface area contributed by atoms with Gasteiger partial charge >= 0.3 is 0 Å². The summed E-state index contributed by atoms with van der Waals surface area (Å²) in [4.78, 5) is 12.7. The molecule has 0 unspecified atom stereocenters. The van der Waals surface area contributed by atoms with Gasteiger partial charge in [0.05, 0.1) is 11.4 Å². The quantitative estimate of drug-likeness (QED) is 0.528. The van der Waals surface area contributed by atoms with Crippen LogP contribution in [0.2, 0.25) is 10.0 Å². The van der Waals surface area contributed by atoms with Crippen molar-refractivity contribution in [2.24, 2.45) is 0 Å². The molecule has 0 saturated carbocycles. The summed E-state index contributed by atoms with van der Waals surface area (Å²) in [5, 5.41) is 3.66. The summed E-state index contributed by atoms with van der Waals surface area (Å²) < 4.78 is 27.6. The van der Waals surface area contributed by atoms with E-state index in [1.807, 2.05) is 25.1 Å². The number of rotatable bonds is 7. The number of amides is 1. The molecule has 1 N–H and O–H groups in total. The molecule has 1 amide bonds. The van der Waals surface area contributed by atoms with E-state index in [2.05, 4.69) is 5.32 Å². The first-order valence-electron chi connectivity index (χ1n) is 9.11. The Morgan fingerprint density at radius 2 is 1.63 bits per heavy atom. The third-order valence-electron chi connectivity index (χ3n) is 4.32. The molecule has 8 heteroatoms. The number of carbonyl (C=O) groups is 1. The van der Waals surface area contributed by atoms with E-state index in [0.717, 1.165) is 9.87 Å². The Hall–Kier alpha value is -2.38. The number of hydrogen-bond donors (Lipinski definition) is 1. The smallest absolute Gasteiger partial charge is 0.243 e. The van der Waals surface area contributed by atoms with Crippen LogP contribution in [0.25, 0.3) is 0 Å². The fraction of sp³-hybridized carbons (Fsp3) is 0.136. The largest absolute Gasteiger partial charge is 0.325 e. The molecule has 3 aromatic carbocycles. The lowest BCUT2D eigenvalue weighted by Gasteiger charge is -2.22. The highest BCUT2D eigenvalue weighted by atomic mass is 35.5.